The van der Waals surface area contributed by atoms with Gasteiger partial charge in [0.15, 0.2) is 6.10 Å². The zero-order chi connectivity index (χ0) is 43.3. The second kappa shape index (κ2) is 45.9. The van der Waals surface area contributed by atoms with Gasteiger partial charge in [-0.1, -0.05) is 253 Å². The molecule has 0 aliphatic heterocycles. The Kier molecular flexibility index (Phi) is 44.7. The van der Waals surface area contributed by atoms with Crippen LogP contribution in [0, 0.1) is 11.8 Å². The van der Waals surface area contributed by atoms with E-state index in [4.69, 9.17) is 14.2 Å². The van der Waals surface area contributed by atoms with Gasteiger partial charge in [0.05, 0.1) is 0 Å². The second-order valence-electron chi connectivity index (χ2n) is 18.9. The zero-order valence-corrected chi connectivity index (χ0v) is 40.4. The van der Waals surface area contributed by atoms with Crippen LogP contribution in [0.1, 0.15) is 291 Å². The van der Waals surface area contributed by atoms with Gasteiger partial charge in [0.2, 0.25) is 0 Å². The summed E-state index contributed by atoms with van der Waals surface area (Å²) in [6, 6.07) is 0. The number of rotatable bonds is 47. The third-order valence-electron chi connectivity index (χ3n) is 12.3. The Morgan fingerprint density at radius 3 is 0.966 bits per heavy atom. The molecule has 0 saturated carbocycles. The van der Waals surface area contributed by atoms with Gasteiger partial charge in [-0.25, -0.2) is 0 Å². The monoisotopic (exact) mass is 835 g/mol. The van der Waals surface area contributed by atoms with Gasteiger partial charge in [-0.3, -0.25) is 14.4 Å². The fourth-order valence-electron chi connectivity index (χ4n) is 7.96. The normalized spacial score (nSPS) is 12.5. The Balaban J connectivity index is 4.28. The van der Waals surface area contributed by atoms with E-state index >= 15 is 0 Å². The smallest absolute Gasteiger partial charge is 0.306 e. The van der Waals surface area contributed by atoms with Gasteiger partial charge in [0.1, 0.15) is 13.2 Å². The number of unbranched alkanes of at least 4 members (excludes halogenated alkanes) is 31. The number of esters is 3. The molecule has 0 amide bonds. The summed E-state index contributed by atoms with van der Waals surface area (Å²) in [6.07, 6.45) is 46.6. The molecule has 0 aliphatic carbocycles. The quantitative estimate of drug-likeness (QED) is 0.0345. The zero-order valence-electron chi connectivity index (χ0n) is 40.4. The molecule has 0 N–H and O–H groups in total. The predicted octanol–water partition coefficient (Wildman–Crippen LogP) is 16.9. The van der Waals surface area contributed by atoms with E-state index in [1.54, 1.807) is 0 Å². The van der Waals surface area contributed by atoms with Crippen molar-refractivity contribution >= 4 is 17.9 Å². The molecule has 0 radical (unpaired) electrons. The van der Waals surface area contributed by atoms with E-state index in [0.717, 1.165) is 69.6 Å². The van der Waals surface area contributed by atoms with E-state index in [9.17, 15) is 14.4 Å². The van der Waals surface area contributed by atoms with Crippen molar-refractivity contribution in [3.8, 4) is 0 Å². The van der Waals surface area contributed by atoms with Crippen LogP contribution in [-0.4, -0.2) is 37.2 Å². The van der Waals surface area contributed by atoms with Crippen molar-refractivity contribution in [3.05, 3.63) is 0 Å². The van der Waals surface area contributed by atoms with Crippen LogP contribution in [0.4, 0.5) is 0 Å². The minimum absolute atomic E-state index is 0.0642. The van der Waals surface area contributed by atoms with Gasteiger partial charge in [0.25, 0.3) is 0 Å². The van der Waals surface area contributed by atoms with Crippen LogP contribution in [-0.2, 0) is 28.6 Å². The van der Waals surface area contributed by atoms with Crippen LogP contribution in [0.2, 0.25) is 0 Å². The summed E-state index contributed by atoms with van der Waals surface area (Å²) < 4.78 is 16.8. The molecular formula is C53H102O6. The molecule has 0 aromatic rings. The first-order valence-electron chi connectivity index (χ1n) is 26.3. The van der Waals surface area contributed by atoms with Gasteiger partial charge in [0, 0.05) is 19.3 Å². The maximum atomic E-state index is 12.8. The van der Waals surface area contributed by atoms with Gasteiger partial charge in [-0.15, -0.1) is 0 Å². The van der Waals surface area contributed by atoms with Crippen molar-refractivity contribution in [1.29, 1.82) is 0 Å². The van der Waals surface area contributed by atoms with Gasteiger partial charge in [-0.2, -0.15) is 0 Å². The summed E-state index contributed by atoms with van der Waals surface area (Å²) in [5.74, 6) is 0.798. The maximum absolute atomic E-state index is 12.8. The molecule has 1 unspecified atom stereocenters. The first-order valence-corrected chi connectivity index (χ1v) is 26.3. The second-order valence-corrected chi connectivity index (χ2v) is 18.9. The van der Waals surface area contributed by atoms with E-state index in [0.29, 0.717) is 19.3 Å². The molecule has 0 saturated heterocycles. The third kappa shape index (κ3) is 45.8. The molecule has 0 fully saturated rings. The molecule has 0 aromatic heterocycles. The molecule has 0 rings (SSSR count). The average molecular weight is 835 g/mol. The number of carbonyl (C=O) groups excluding carboxylic acids is 3. The maximum Gasteiger partial charge on any atom is 0.306 e. The largest absolute Gasteiger partial charge is 0.462 e. The highest BCUT2D eigenvalue weighted by molar-refractivity contribution is 5.71. The molecule has 0 heterocycles. The lowest BCUT2D eigenvalue weighted by molar-refractivity contribution is -0.167. The fraction of sp³-hybridized carbons (Fsp3) is 0.943. The molecule has 0 bridgehead atoms. The minimum atomic E-state index is -0.762. The number of carbonyl (C=O) groups is 3. The highest BCUT2D eigenvalue weighted by Gasteiger charge is 2.19. The summed E-state index contributed by atoms with van der Waals surface area (Å²) in [6.45, 7) is 11.4. The summed E-state index contributed by atoms with van der Waals surface area (Å²) in [7, 11) is 0. The molecule has 350 valence electrons. The lowest BCUT2D eigenvalue weighted by Crippen LogP contribution is -2.30. The van der Waals surface area contributed by atoms with Crippen LogP contribution < -0.4 is 0 Å². The molecule has 0 aliphatic rings. The Hall–Kier alpha value is -1.59. The molecule has 0 aromatic carbocycles. The molecule has 59 heavy (non-hydrogen) atoms. The first-order chi connectivity index (χ1) is 28.8. The minimum Gasteiger partial charge on any atom is -0.462 e. The van der Waals surface area contributed by atoms with E-state index in [1.165, 1.54) is 180 Å². The Bertz CT molecular complexity index is 902. The molecule has 2 atom stereocenters. The van der Waals surface area contributed by atoms with Crippen molar-refractivity contribution in [2.24, 2.45) is 11.8 Å². The van der Waals surface area contributed by atoms with Crippen molar-refractivity contribution in [3.63, 3.8) is 0 Å². The van der Waals surface area contributed by atoms with Crippen molar-refractivity contribution in [1.82, 2.24) is 0 Å². The van der Waals surface area contributed by atoms with E-state index in [-0.39, 0.29) is 31.1 Å². The van der Waals surface area contributed by atoms with Crippen molar-refractivity contribution in [2.75, 3.05) is 13.2 Å². The Morgan fingerprint density at radius 1 is 0.356 bits per heavy atom. The third-order valence-corrected chi connectivity index (χ3v) is 12.3. The van der Waals surface area contributed by atoms with Crippen LogP contribution in [0.3, 0.4) is 0 Å². The highest BCUT2D eigenvalue weighted by atomic mass is 16.6. The molecule has 0 spiro atoms. The molecule has 6 nitrogen and oxygen atoms in total. The lowest BCUT2D eigenvalue weighted by atomic mass is 9.99. The summed E-state index contributed by atoms with van der Waals surface area (Å²) in [5.41, 5.74) is 0. The highest BCUT2D eigenvalue weighted by Crippen LogP contribution is 2.18. The molecular weight excluding hydrogens is 733 g/mol. The van der Waals surface area contributed by atoms with E-state index < -0.39 is 6.10 Å². The van der Waals surface area contributed by atoms with Crippen molar-refractivity contribution in [2.45, 2.75) is 298 Å². The number of hydrogen-bond donors (Lipinski definition) is 0. The standard InChI is InChI=1S/C53H102O6/c1-6-8-9-10-11-12-13-14-15-16-17-18-19-23-28-33-38-43-51(54)57-46-50(47-58-52(55)44-39-34-30-25-26-31-36-41-48(3)4)59-53(56)45-40-35-29-24-21-20-22-27-32-37-42-49(5)7-2/h48-50H,6-47H2,1-5H3/t49?,50-/m1/s1. The predicted molar refractivity (Wildman–Crippen MR) is 252 cm³/mol. The van der Waals surface area contributed by atoms with Crippen LogP contribution in [0.15, 0.2) is 0 Å². The van der Waals surface area contributed by atoms with Crippen molar-refractivity contribution < 1.29 is 28.6 Å². The summed E-state index contributed by atoms with van der Waals surface area (Å²) in [4.78, 5) is 37.9. The average Bonchev–Trinajstić information content (AvgIpc) is 3.22. The number of ether oxygens (including phenoxy) is 3. The van der Waals surface area contributed by atoms with E-state index in [2.05, 4.69) is 34.6 Å². The van der Waals surface area contributed by atoms with Crippen LogP contribution >= 0.6 is 0 Å². The van der Waals surface area contributed by atoms with Crippen LogP contribution in [0.5, 0.6) is 0 Å². The topological polar surface area (TPSA) is 78.9 Å². The summed E-state index contributed by atoms with van der Waals surface area (Å²) in [5, 5.41) is 0. The van der Waals surface area contributed by atoms with Gasteiger partial charge in [-0.05, 0) is 31.1 Å². The Labute approximate surface area is 368 Å². The van der Waals surface area contributed by atoms with Gasteiger partial charge < -0.3 is 14.2 Å². The van der Waals surface area contributed by atoms with Crippen LogP contribution in [0.25, 0.3) is 0 Å². The number of hydrogen-bond acceptors (Lipinski definition) is 6. The fourth-order valence-corrected chi connectivity index (χ4v) is 7.96. The molecule has 6 heteroatoms. The summed E-state index contributed by atoms with van der Waals surface area (Å²) >= 11 is 0. The first kappa shape index (κ1) is 57.4. The lowest BCUT2D eigenvalue weighted by Gasteiger charge is -2.18. The Morgan fingerprint density at radius 2 is 0.644 bits per heavy atom. The van der Waals surface area contributed by atoms with E-state index in [1.807, 2.05) is 0 Å². The SMILES string of the molecule is CCCCCCCCCCCCCCCCCCCC(=O)OC[C@H](COC(=O)CCCCCCCCCC(C)C)OC(=O)CCCCCCCCCCCCC(C)CC. The van der Waals surface area contributed by atoms with Gasteiger partial charge >= 0.3 is 17.9 Å².